The lowest BCUT2D eigenvalue weighted by atomic mass is 10.2. The van der Waals surface area contributed by atoms with E-state index in [1.54, 1.807) is 6.07 Å². The summed E-state index contributed by atoms with van der Waals surface area (Å²) in [4.78, 5) is 15.2. The van der Waals surface area contributed by atoms with Gasteiger partial charge in [0, 0.05) is 19.7 Å². The van der Waals surface area contributed by atoms with Gasteiger partial charge in [-0.25, -0.2) is 4.99 Å². The number of benzene rings is 1. The maximum Gasteiger partial charge on any atom is 0.255 e. The standard InChI is InChI=1S/C16H26N4O3/c1-3-18-16(19-8-9-22-4-2)20-11-13-6-5-7-14(10-13)23-12-15(17)21/h5-7,10H,3-4,8-9,11-12H2,1-2H3,(H2,17,21)(H2,18,19,20). The lowest BCUT2D eigenvalue weighted by molar-refractivity contribution is -0.119. The molecule has 7 heteroatoms. The van der Waals surface area contributed by atoms with Crippen LogP contribution in [0.3, 0.4) is 0 Å². The van der Waals surface area contributed by atoms with Gasteiger partial charge in [0.2, 0.25) is 0 Å². The molecule has 0 aliphatic rings. The first-order valence-corrected chi connectivity index (χ1v) is 7.75. The highest BCUT2D eigenvalue weighted by Crippen LogP contribution is 2.13. The number of ether oxygens (including phenoxy) is 2. The number of nitrogens with one attached hydrogen (secondary N) is 2. The molecule has 1 rings (SSSR count). The van der Waals surface area contributed by atoms with Gasteiger partial charge in [0.25, 0.3) is 5.91 Å². The number of hydrogen-bond acceptors (Lipinski definition) is 4. The number of primary amides is 1. The van der Waals surface area contributed by atoms with Crippen LogP contribution in [0.2, 0.25) is 0 Å². The van der Waals surface area contributed by atoms with Gasteiger partial charge in [-0.15, -0.1) is 0 Å². The van der Waals surface area contributed by atoms with E-state index in [-0.39, 0.29) is 6.61 Å². The minimum absolute atomic E-state index is 0.131. The fraction of sp³-hybridized carbons (Fsp3) is 0.500. The number of carbonyl (C=O) groups excluding carboxylic acids is 1. The molecule has 23 heavy (non-hydrogen) atoms. The van der Waals surface area contributed by atoms with Crippen LogP contribution in [0.1, 0.15) is 19.4 Å². The highest BCUT2D eigenvalue weighted by molar-refractivity contribution is 5.79. The summed E-state index contributed by atoms with van der Waals surface area (Å²) in [5, 5.41) is 6.38. The van der Waals surface area contributed by atoms with E-state index >= 15 is 0 Å². The maximum absolute atomic E-state index is 10.7. The number of nitrogens with zero attached hydrogens (tertiary/aromatic N) is 1. The lowest BCUT2D eigenvalue weighted by Crippen LogP contribution is -2.39. The predicted octanol–water partition coefficient (Wildman–Crippen LogP) is 0.642. The van der Waals surface area contributed by atoms with E-state index in [0.29, 0.717) is 32.1 Å². The van der Waals surface area contributed by atoms with Crippen molar-refractivity contribution in [2.45, 2.75) is 20.4 Å². The quantitative estimate of drug-likeness (QED) is 0.334. The molecule has 0 radical (unpaired) electrons. The number of nitrogens with two attached hydrogens (primary N) is 1. The molecule has 0 aromatic heterocycles. The van der Waals surface area contributed by atoms with Crippen LogP contribution in [0.5, 0.6) is 5.75 Å². The molecule has 0 bridgehead atoms. The summed E-state index contributed by atoms with van der Waals surface area (Å²) < 4.78 is 10.6. The van der Waals surface area contributed by atoms with E-state index in [2.05, 4.69) is 15.6 Å². The Hall–Kier alpha value is -2.28. The van der Waals surface area contributed by atoms with Crippen LogP contribution < -0.4 is 21.1 Å². The van der Waals surface area contributed by atoms with Gasteiger partial charge in [-0.2, -0.15) is 0 Å². The Morgan fingerprint density at radius 1 is 1.30 bits per heavy atom. The van der Waals surface area contributed by atoms with E-state index < -0.39 is 5.91 Å². The molecule has 0 heterocycles. The molecule has 0 saturated heterocycles. The lowest BCUT2D eigenvalue weighted by Gasteiger charge is -2.11. The van der Waals surface area contributed by atoms with Crippen molar-refractivity contribution in [2.75, 3.05) is 32.9 Å². The van der Waals surface area contributed by atoms with E-state index in [9.17, 15) is 4.79 Å². The highest BCUT2D eigenvalue weighted by atomic mass is 16.5. The maximum atomic E-state index is 10.7. The number of guanidine groups is 1. The van der Waals surface area contributed by atoms with Gasteiger partial charge in [-0.05, 0) is 31.5 Å². The third-order valence-corrected chi connectivity index (χ3v) is 2.79. The third kappa shape index (κ3) is 8.67. The largest absolute Gasteiger partial charge is 0.484 e. The summed E-state index contributed by atoms with van der Waals surface area (Å²) in [6.45, 7) is 7.16. The first-order chi connectivity index (χ1) is 11.2. The SMILES string of the molecule is CCNC(=NCc1cccc(OCC(N)=O)c1)NCCOCC. The molecule has 1 aromatic rings. The van der Waals surface area contributed by atoms with Gasteiger partial charge in [0.15, 0.2) is 12.6 Å². The zero-order valence-electron chi connectivity index (χ0n) is 13.8. The Bertz CT molecular complexity index is 506. The monoisotopic (exact) mass is 322 g/mol. The molecule has 128 valence electrons. The average molecular weight is 322 g/mol. The summed E-state index contributed by atoms with van der Waals surface area (Å²) in [6.07, 6.45) is 0. The van der Waals surface area contributed by atoms with Crippen molar-refractivity contribution in [3.05, 3.63) is 29.8 Å². The fourth-order valence-corrected chi connectivity index (χ4v) is 1.79. The van der Waals surface area contributed by atoms with Gasteiger partial charge in [-0.1, -0.05) is 12.1 Å². The minimum atomic E-state index is -0.499. The second-order valence-electron chi connectivity index (χ2n) is 4.72. The third-order valence-electron chi connectivity index (χ3n) is 2.79. The molecule has 0 aliphatic heterocycles. The van der Waals surface area contributed by atoms with E-state index in [4.69, 9.17) is 15.2 Å². The minimum Gasteiger partial charge on any atom is -0.484 e. The zero-order chi connectivity index (χ0) is 16.9. The number of hydrogen-bond donors (Lipinski definition) is 3. The van der Waals surface area contributed by atoms with Gasteiger partial charge in [0.05, 0.1) is 13.2 Å². The molecule has 1 amide bonds. The van der Waals surface area contributed by atoms with Crippen LogP contribution in [0.15, 0.2) is 29.3 Å². The Morgan fingerprint density at radius 2 is 2.13 bits per heavy atom. The smallest absolute Gasteiger partial charge is 0.255 e. The number of carbonyl (C=O) groups is 1. The van der Waals surface area contributed by atoms with Crippen LogP contribution in [-0.2, 0) is 16.1 Å². The normalized spacial score (nSPS) is 11.1. The number of amides is 1. The average Bonchev–Trinajstić information content (AvgIpc) is 2.55. The van der Waals surface area contributed by atoms with Crippen LogP contribution in [0.4, 0.5) is 0 Å². The molecule has 0 atom stereocenters. The van der Waals surface area contributed by atoms with Crippen molar-refractivity contribution in [2.24, 2.45) is 10.7 Å². The second kappa shape index (κ2) is 11.3. The van der Waals surface area contributed by atoms with Crippen LogP contribution in [0.25, 0.3) is 0 Å². The molecule has 0 aliphatic carbocycles. The molecule has 0 unspecified atom stereocenters. The van der Waals surface area contributed by atoms with Crippen molar-refractivity contribution in [1.82, 2.24) is 10.6 Å². The molecule has 0 spiro atoms. The number of rotatable bonds is 10. The fourth-order valence-electron chi connectivity index (χ4n) is 1.79. The van der Waals surface area contributed by atoms with Crippen LogP contribution in [0, 0.1) is 0 Å². The Morgan fingerprint density at radius 3 is 2.83 bits per heavy atom. The Balaban J connectivity index is 2.56. The summed E-state index contributed by atoms with van der Waals surface area (Å²) in [6, 6.07) is 7.43. The van der Waals surface area contributed by atoms with Crippen molar-refractivity contribution in [3.63, 3.8) is 0 Å². The Labute approximate surface area is 137 Å². The topological polar surface area (TPSA) is 98.0 Å². The first kappa shape index (κ1) is 18.8. The second-order valence-corrected chi connectivity index (χ2v) is 4.72. The molecular weight excluding hydrogens is 296 g/mol. The van der Waals surface area contributed by atoms with E-state index in [0.717, 1.165) is 18.1 Å². The highest BCUT2D eigenvalue weighted by Gasteiger charge is 2.01. The van der Waals surface area contributed by atoms with Gasteiger partial charge in [0.1, 0.15) is 5.75 Å². The van der Waals surface area contributed by atoms with E-state index in [1.807, 2.05) is 32.0 Å². The van der Waals surface area contributed by atoms with Crippen molar-refractivity contribution in [3.8, 4) is 5.75 Å². The molecule has 0 fully saturated rings. The zero-order valence-corrected chi connectivity index (χ0v) is 13.8. The van der Waals surface area contributed by atoms with Gasteiger partial charge in [-0.3, -0.25) is 4.79 Å². The molecule has 7 nitrogen and oxygen atoms in total. The Kier molecular flexibility index (Phi) is 9.23. The molecule has 1 aromatic carbocycles. The molecule has 0 saturated carbocycles. The number of aliphatic imine (C=N–C) groups is 1. The van der Waals surface area contributed by atoms with Crippen LogP contribution >= 0.6 is 0 Å². The molecule has 4 N–H and O–H groups in total. The van der Waals surface area contributed by atoms with Gasteiger partial charge >= 0.3 is 0 Å². The van der Waals surface area contributed by atoms with Gasteiger partial charge < -0.3 is 25.8 Å². The molecular formula is C16H26N4O3. The summed E-state index contributed by atoms with van der Waals surface area (Å²) in [7, 11) is 0. The van der Waals surface area contributed by atoms with Crippen molar-refractivity contribution in [1.29, 1.82) is 0 Å². The van der Waals surface area contributed by atoms with Crippen molar-refractivity contribution >= 4 is 11.9 Å². The summed E-state index contributed by atoms with van der Waals surface area (Å²) in [5.74, 6) is 0.836. The predicted molar refractivity (Wildman–Crippen MR) is 90.4 cm³/mol. The summed E-state index contributed by atoms with van der Waals surface area (Å²) >= 11 is 0. The van der Waals surface area contributed by atoms with Crippen LogP contribution in [-0.4, -0.2) is 44.8 Å². The van der Waals surface area contributed by atoms with E-state index in [1.165, 1.54) is 0 Å². The van der Waals surface area contributed by atoms with Crippen molar-refractivity contribution < 1.29 is 14.3 Å². The first-order valence-electron chi connectivity index (χ1n) is 7.75. The summed E-state index contributed by atoms with van der Waals surface area (Å²) in [5.41, 5.74) is 6.05.